The van der Waals surface area contributed by atoms with Crippen molar-refractivity contribution in [3.63, 3.8) is 0 Å². The molecule has 0 saturated heterocycles. The Morgan fingerprint density at radius 2 is 2.07 bits per heavy atom. The van der Waals surface area contributed by atoms with Crippen LogP contribution in [-0.4, -0.2) is 30.9 Å². The van der Waals surface area contributed by atoms with Gasteiger partial charge in [0.05, 0.1) is 4.47 Å². The highest BCUT2D eigenvalue weighted by atomic mass is 79.9. The molecule has 8 heteroatoms. The number of carbonyl (C=O) groups is 1. The fourth-order valence-electron chi connectivity index (χ4n) is 3.10. The number of phenolic OH excluding ortho intramolecular Hbond substituents is 1. The number of nitrogens with zero attached hydrogens (tertiary/aromatic N) is 3. The largest absolute Gasteiger partial charge is 0.507 e. The fourth-order valence-corrected chi connectivity index (χ4v) is 3.48. The molecule has 0 bridgehead atoms. The summed E-state index contributed by atoms with van der Waals surface area (Å²) in [6, 6.07) is 12.8. The Morgan fingerprint density at radius 3 is 2.86 bits per heavy atom. The van der Waals surface area contributed by atoms with Crippen LogP contribution in [0.4, 0.5) is 0 Å². The predicted octanol–water partition coefficient (Wildman–Crippen LogP) is 4.69. The second-order valence-electron chi connectivity index (χ2n) is 6.33. The minimum absolute atomic E-state index is 0.135. The van der Waals surface area contributed by atoms with Gasteiger partial charge in [0.1, 0.15) is 5.75 Å². The van der Waals surface area contributed by atoms with Crippen LogP contribution in [0.15, 0.2) is 57.7 Å². The summed E-state index contributed by atoms with van der Waals surface area (Å²) in [5.41, 5.74) is 2.52. The number of fused-ring (bicyclic) bond motifs is 1. The van der Waals surface area contributed by atoms with Gasteiger partial charge in [-0.15, -0.1) is 0 Å². The molecule has 2 aromatic carbocycles. The first kappa shape index (κ1) is 18.2. The lowest BCUT2D eigenvalue weighted by molar-refractivity contribution is -0.137. The highest BCUT2D eigenvalue weighted by molar-refractivity contribution is 9.10. The number of carboxylic acids is 1. The summed E-state index contributed by atoms with van der Waals surface area (Å²) in [5.74, 6) is 0.163. The van der Waals surface area contributed by atoms with E-state index in [2.05, 4.69) is 26.1 Å². The molecule has 2 N–H and O–H groups in total. The number of aliphatic carboxylic acids is 1. The Balaban J connectivity index is 1.66. The van der Waals surface area contributed by atoms with E-state index in [0.717, 1.165) is 16.5 Å². The molecule has 0 spiro atoms. The van der Waals surface area contributed by atoms with Gasteiger partial charge in [0.15, 0.2) is 0 Å². The standard InChI is InChI=1S/C20H16BrN3O4/c21-15-11-12(6-7-17(15)25)20-22-19(23-28-20)14-3-1-4-16-13(14)8-10-24(16)9-2-5-18(26)27/h1,3-4,6-8,10-11,25H,2,5,9H2,(H,26,27). The molecule has 0 unspecified atom stereocenters. The van der Waals surface area contributed by atoms with E-state index in [9.17, 15) is 9.90 Å². The average Bonchev–Trinajstić information content (AvgIpc) is 3.31. The Morgan fingerprint density at radius 1 is 1.21 bits per heavy atom. The number of halogens is 1. The van der Waals surface area contributed by atoms with E-state index >= 15 is 0 Å². The molecule has 0 aliphatic heterocycles. The quantitative estimate of drug-likeness (QED) is 0.449. The van der Waals surface area contributed by atoms with Gasteiger partial charge in [-0.05, 0) is 52.7 Å². The van der Waals surface area contributed by atoms with E-state index in [1.807, 2.05) is 35.0 Å². The lowest BCUT2D eigenvalue weighted by atomic mass is 10.1. The number of hydrogen-bond acceptors (Lipinski definition) is 5. The number of aromatic nitrogens is 3. The van der Waals surface area contributed by atoms with E-state index in [4.69, 9.17) is 9.63 Å². The van der Waals surface area contributed by atoms with Gasteiger partial charge >= 0.3 is 5.97 Å². The number of aromatic hydroxyl groups is 1. The van der Waals surface area contributed by atoms with Crippen molar-refractivity contribution in [3.8, 4) is 28.6 Å². The highest BCUT2D eigenvalue weighted by Crippen LogP contribution is 2.32. The molecule has 0 saturated carbocycles. The van der Waals surface area contributed by atoms with Gasteiger partial charge in [-0.3, -0.25) is 4.79 Å². The van der Waals surface area contributed by atoms with Gasteiger partial charge < -0.3 is 19.3 Å². The zero-order valence-corrected chi connectivity index (χ0v) is 16.3. The van der Waals surface area contributed by atoms with E-state index in [1.54, 1.807) is 18.2 Å². The van der Waals surface area contributed by atoms with E-state index in [1.165, 1.54) is 0 Å². The summed E-state index contributed by atoms with van der Waals surface area (Å²) >= 11 is 3.28. The molecule has 2 aromatic heterocycles. The molecule has 4 rings (SSSR count). The van der Waals surface area contributed by atoms with Crippen molar-refractivity contribution < 1.29 is 19.5 Å². The van der Waals surface area contributed by atoms with Crippen LogP contribution in [0.3, 0.4) is 0 Å². The molecule has 28 heavy (non-hydrogen) atoms. The molecule has 0 radical (unpaired) electrons. The fraction of sp³-hybridized carbons (Fsp3) is 0.150. The lowest BCUT2D eigenvalue weighted by Crippen LogP contribution is -2.00. The molecule has 7 nitrogen and oxygen atoms in total. The monoisotopic (exact) mass is 441 g/mol. The van der Waals surface area contributed by atoms with Crippen molar-refractivity contribution in [2.24, 2.45) is 0 Å². The minimum atomic E-state index is -0.794. The topological polar surface area (TPSA) is 101 Å². The number of aryl methyl sites for hydroxylation is 1. The van der Waals surface area contributed by atoms with Gasteiger partial charge in [-0.2, -0.15) is 4.98 Å². The molecule has 142 valence electrons. The van der Waals surface area contributed by atoms with Crippen molar-refractivity contribution in [2.75, 3.05) is 0 Å². The number of rotatable bonds is 6. The third-order valence-corrected chi connectivity index (χ3v) is 5.10. The second-order valence-corrected chi connectivity index (χ2v) is 7.19. The van der Waals surface area contributed by atoms with E-state index in [0.29, 0.717) is 34.7 Å². The summed E-state index contributed by atoms with van der Waals surface area (Å²) < 4.78 is 7.99. The van der Waals surface area contributed by atoms with Crippen LogP contribution in [0.25, 0.3) is 33.7 Å². The molecular weight excluding hydrogens is 426 g/mol. The molecule has 0 aliphatic rings. The highest BCUT2D eigenvalue weighted by Gasteiger charge is 2.15. The van der Waals surface area contributed by atoms with Crippen molar-refractivity contribution in [3.05, 3.63) is 53.1 Å². The van der Waals surface area contributed by atoms with Crippen molar-refractivity contribution in [1.29, 1.82) is 0 Å². The van der Waals surface area contributed by atoms with Gasteiger partial charge in [0.2, 0.25) is 5.82 Å². The third-order valence-electron chi connectivity index (χ3n) is 4.46. The molecule has 0 fully saturated rings. The maximum absolute atomic E-state index is 10.7. The Hall–Kier alpha value is -3.13. The molecular formula is C20H16BrN3O4. The maximum atomic E-state index is 10.7. The number of carboxylic acid groups (broad SMARTS) is 1. The van der Waals surface area contributed by atoms with E-state index in [-0.39, 0.29) is 12.2 Å². The zero-order chi connectivity index (χ0) is 19.7. The van der Waals surface area contributed by atoms with Crippen LogP contribution >= 0.6 is 15.9 Å². The molecule has 2 heterocycles. The van der Waals surface area contributed by atoms with E-state index < -0.39 is 5.97 Å². The Kier molecular flexibility index (Phi) is 4.87. The molecule has 0 atom stereocenters. The van der Waals surface area contributed by atoms with Crippen LogP contribution in [0.5, 0.6) is 5.75 Å². The summed E-state index contributed by atoms with van der Waals surface area (Å²) in [6.45, 7) is 0.623. The number of benzene rings is 2. The molecule has 0 amide bonds. The van der Waals surface area contributed by atoms with Gasteiger partial charge in [0, 0.05) is 41.2 Å². The van der Waals surface area contributed by atoms with Crippen molar-refractivity contribution in [1.82, 2.24) is 14.7 Å². The first-order chi connectivity index (χ1) is 13.5. The summed E-state index contributed by atoms with van der Waals surface area (Å²) in [4.78, 5) is 15.2. The first-order valence-electron chi connectivity index (χ1n) is 8.65. The molecule has 4 aromatic rings. The van der Waals surface area contributed by atoms with Crippen LogP contribution in [0.2, 0.25) is 0 Å². The Labute approximate surface area is 168 Å². The SMILES string of the molecule is O=C(O)CCCn1ccc2c(-c3noc(-c4ccc(O)c(Br)c4)n3)cccc21. The minimum Gasteiger partial charge on any atom is -0.507 e. The molecule has 0 aliphatic carbocycles. The van der Waals surface area contributed by atoms with Gasteiger partial charge in [-0.25, -0.2) is 0 Å². The third kappa shape index (κ3) is 3.50. The van der Waals surface area contributed by atoms with Crippen molar-refractivity contribution in [2.45, 2.75) is 19.4 Å². The summed E-state index contributed by atoms with van der Waals surface area (Å²) in [7, 11) is 0. The van der Waals surface area contributed by atoms with Crippen LogP contribution in [0.1, 0.15) is 12.8 Å². The van der Waals surface area contributed by atoms with Gasteiger partial charge in [0.25, 0.3) is 5.89 Å². The summed E-state index contributed by atoms with van der Waals surface area (Å²) in [6.07, 6.45) is 2.63. The number of phenols is 1. The van der Waals surface area contributed by atoms with Crippen LogP contribution < -0.4 is 0 Å². The predicted molar refractivity (Wildman–Crippen MR) is 107 cm³/mol. The smallest absolute Gasteiger partial charge is 0.303 e. The van der Waals surface area contributed by atoms with Crippen LogP contribution in [0, 0.1) is 0 Å². The second kappa shape index (κ2) is 7.47. The van der Waals surface area contributed by atoms with Crippen molar-refractivity contribution >= 4 is 32.8 Å². The van der Waals surface area contributed by atoms with Crippen LogP contribution in [-0.2, 0) is 11.3 Å². The lowest BCUT2D eigenvalue weighted by Gasteiger charge is -2.05. The van der Waals surface area contributed by atoms with Gasteiger partial charge in [-0.1, -0.05) is 17.3 Å². The average molecular weight is 442 g/mol. The first-order valence-corrected chi connectivity index (χ1v) is 9.45. The normalized spacial score (nSPS) is 11.2. The number of hydrogen-bond donors (Lipinski definition) is 2. The Bertz CT molecular complexity index is 1170. The maximum Gasteiger partial charge on any atom is 0.303 e. The zero-order valence-electron chi connectivity index (χ0n) is 14.7. The summed E-state index contributed by atoms with van der Waals surface area (Å²) in [5, 5.41) is 23.5.